The SMILES string of the molecule is C[C@H](CN)NC(=O)c1ccc(F)c(F)c1F.Cl. The Morgan fingerprint density at radius 3 is 2.47 bits per heavy atom. The summed E-state index contributed by atoms with van der Waals surface area (Å²) in [5, 5.41) is 2.34. The molecule has 0 bridgehead atoms. The van der Waals surface area contributed by atoms with Gasteiger partial charge in [0.25, 0.3) is 5.91 Å². The van der Waals surface area contributed by atoms with Gasteiger partial charge in [-0.1, -0.05) is 0 Å². The summed E-state index contributed by atoms with van der Waals surface area (Å²) in [6.45, 7) is 1.77. The highest BCUT2D eigenvalue weighted by atomic mass is 35.5. The van der Waals surface area contributed by atoms with Crippen molar-refractivity contribution in [3.8, 4) is 0 Å². The number of nitrogens with two attached hydrogens (primary N) is 1. The predicted molar refractivity (Wildman–Crippen MR) is 59.5 cm³/mol. The molecule has 0 saturated carbocycles. The van der Waals surface area contributed by atoms with E-state index in [4.69, 9.17) is 5.73 Å². The second kappa shape index (κ2) is 6.46. The zero-order chi connectivity index (χ0) is 12.3. The molecule has 0 unspecified atom stereocenters. The molecule has 0 fully saturated rings. The number of halogens is 4. The lowest BCUT2D eigenvalue weighted by atomic mass is 10.1. The van der Waals surface area contributed by atoms with Gasteiger partial charge in [-0.25, -0.2) is 13.2 Å². The third-order valence-electron chi connectivity index (χ3n) is 2.01. The summed E-state index contributed by atoms with van der Waals surface area (Å²) < 4.78 is 38.6. The Hall–Kier alpha value is -1.27. The van der Waals surface area contributed by atoms with Gasteiger partial charge in [-0.3, -0.25) is 4.79 Å². The number of amides is 1. The van der Waals surface area contributed by atoms with Crippen molar-refractivity contribution in [1.82, 2.24) is 5.32 Å². The Bertz CT molecular complexity index is 415. The van der Waals surface area contributed by atoms with E-state index in [2.05, 4.69) is 5.32 Å². The number of carbonyl (C=O) groups excluding carboxylic acids is 1. The summed E-state index contributed by atoms with van der Waals surface area (Å²) >= 11 is 0. The van der Waals surface area contributed by atoms with Gasteiger partial charge in [0.2, 0.25) is 0 Å². The number of carbonyl (C=O) groups is 1. The molecule has 0 aliphatic heterocycles. The maximum absolute atomic E-state index is 13.2. The lowest BCUT2D eigenvalue weighted by molar-refractivity contribution is 0.0936. The standard InChI is InChI=1S/C10H11F3N2O.ClH/c1-5(4-14)15-10(16)6-2-3-7(11)9(13)8(6)12;/h2-3,5H,4,14H2,1H3,(H,15,16);1H/t5-;/m1./s1. The Kier molecular flexibility index (Phi) is 5.98. The highest BCUT2D eigenvalue weighted by molar-refractivity contribution is 5.94. The molecule has 0 saturated heterocycles. The summed E-state index contributed by atoms with van der Waals surface area (Å²) in [7, 11) is 0. The Morgan fingerprint density at radius 1 is 1.35 bits per heavy atom. The van der Waals surface area contributed by atoms with Gasteiger partial charge in [0.15, 0.2) is 17.5 Å². The maximum Gasteiger partial charge on any atom is 0.254 e. The summed E-state index contributed by atoms with van der Waals surface area (Å²) in [6, 6.07) is 1.20. The van der Waals surface area contributed by atoms with Crippen LogP contribution in [0.15, 0.2) is 12.1 Å². The molecule has 1 amide bonds. The Labute approximate surface area is 103 Å². The van der Waals surface area contributed by atoms with Crippen molar-refractivity contribution in [1.29, 1.82) is 0 Å². The zero-order valence-corrected chi connectivity index (χ0v) is 9.78. The van der Waals surface area contributed by atoms with Crippen LogP contribution in [0.3, 0.4) is 0 Å². The van der Waals surface area contributed by atoms with Crippen LogP contribution in [-0.2, 0) is 0 Å². The summed E-state index contributed by atoms with van der Waals surface area (Å²) in [6.07, 6.45) is 0. The molecule has 0 aliphatic rings. The van der Waals surface area contributed by atoms with Crippen LogP contribution in [0.5, 0.6) is 0 Å². The third-order valence-corrected chi connectivity index (χ3v) is 2.01. The van der Waals surface area contributed by atoms with Gasteiger partial charge in [0.1, 0.15) is 0 Å². The van der Waals surface area contributed by atoms with Gasteiger partial charge >= 0.3 is 0 Å². The fraction of sp³-hybridized carbons (Fsp3) is 0.300. The molecular weight excluding hydrogens is 257 g/mol. The average molecular weight is 269 g/mol. The van der Waals surface area contributed by atoms with Crippen LogP contribution >= 0.6 is 12.4 Å². The van der Waals surface area contributed by atoms with E-state index in [0.29, 0.717) is 6.07 Å². The normalized spacial score (nSPS) is 11.6. The first-order valence-electron chi connectivity index (χ1n) is 4.61. The van der Waals surface area contributed by atoms with Gasteiger partial charge in [-0.05, 0) is 19.1 Å². The van der Waals surface area contributed by atoms with E-state index in [9.17, 15) is 18.0 Å². The minimum Gasteiger partial charge on any atom is -0.348 e. The van der Waals surface area contributed by atoms with Gasteiger partial charge < -0.3 is 11.1 Å². The minimum atomic E-state index is -1.66. The van der Waals surface area contributed by atoms with Crippen LogP contribution in [0.4, 0.5) is 13.2 Å². The summed E-state index contributed by atoms with van der Waals surface area (Å²) in [5.41, 5.74) is 4.71. The maximum atomic E-state index is 13.2. The highest BCUT2D eigenvalue weighted by Crippen LogP contribution is 2.15. The van der Waals surface area contributed by atoms with E-state index in [-0.39, 0.29) is 25.0 Å². The zero-order valence-electron chi connectivity index (χ0n) is 8.97. The van der Waals surface area contributed by atoms with E-state index < -0.39 is 28.9 Å². The van der Waals surface area contributed by atoms with Crippen molar-refractivity contribution in [2.45, 2.75) is 13.0 Å². The fourth-order valence-corrected chi connectivity index (χ4v) is 1.06. The van der Waals surface area contributed by atoms with Gasteiger partial charge in [-0.2, -0.15) is 0 Å². The first-order chi connectivity index (χ1) is 7.47. The van der Waals surface area contributed by atoms with E-state index in [0.717, 1.165) is 6.07 Å². The number of nitrogens with one attached hydrogen (secondary N) is 1. The van der Waals surface area contributed by atoms with E-state index >= 15 is 0 Å². The first kappa shape index (κ1) is 15.7. The molecule has 0 spiro atoms. The molecule has 1 aromatic carbocycles. The molecular formula is C10H12ClF3N2O. The van der Waals surface area contributed by atoms with Crippen LogP contribution in [-0.4, -0.2) is 18.5 Å². The van der Waals surface area contributed by atoms with Crippen LogP contribution < -0.4 is 11.1 Å². The van der Waals surface area contributed by atoms with Crippen molar-refractivity contribution in [2.75, 3.05) is 6.54 Å². The van der Waals surface area contributed by atoms with Crippen molar-refractivity contribution in [3.05, 3.63) is 35.1 Å². The van der Waals surface area contributed by atoms with Gasteiger partial charge in [0.05, 0.1) is 5.56 Å². The Morgan fingerprint density at radius 2 is 1.94 bits per heavy atom. The Balaban J connectivity index is 0.00000256. The first-order valence-corrected chi connectivity index (χ1v) is 4.61. The van der Waals surface area contributed by atoms with Crippen molar-refractivity contribution in [3.63, 3.8) is 0 Å². The topological polar surface area (TPSA) is 55.1 Å². The monoisotopic (exact) mass is 268 g/mol. The fourth-order valence-electron chi connectivity index (χ4n) is 1.06. The molecule has 3 N–H and O–H groups in total. The van der Waals surface area contributed by atoms with E-state index in [1.165, 1.54) is 0 Å². The van der Waals surface area contributed by atoms with Crippen molar-refractivity contribution < 1.29 is 18.0 Å². The second-order valence-corrected chi connectivity index (χ2v) is 3.33. The highest BCUT2D eigenvalue weighted by Gasteiger charge is 2.19. The van der Waals surface area contributed by atoms with Crippen molar-refractivity contribution in [2.24, 2.45) is 5.73 Å². The smallest absolute Gasteiger partial charge is 0.254 e. The largest absolute Gasteiger partial charge is 0.348 e. The lowest BCUT2D eigenvalue weighted by Crippen LogP contribution is -2.38. The summed E-state index contributed by atoms with van der Waals surface area (Å²) in [4.78, 5) is 11.4. The summed E-state index contributed by atoms with van der Waals surface area (Å²) in [5.74, 6) is -5.31. The molecule has 3 nitrogen and oxygen atoms in total. The molecule has 1 atom stereocenters. The van der Waals surface area contributed by atoms with Crippen LogP contribution in [0.25, 0.3) is 0 Å². The molecule has 0 aliphatic carbocycles. The molecule has 0 radical (unpaired) electrons. The van der Waals surface area contributed by atoms with Gasteiger partial charge in [0, 0.05) is 12.6 Å². The predicted octanol–water partition coefficient (Wildman–Crippen LogP) is 1.60. The van der Waals surface area contributed by atoms with Crippen molar-refractivity contribution >= 4 is 18.3 Å². The molecule has 0 heterocycles. The van der Waals surface area contributed by atoms with Gasteiger partial charge in [-0.15, -0.1) is 12.4 Å². The van der Waals surface area contributed by atoms with E-state index in [1.807, 2.05) is 0 Å². The number of hydrogen-bond acceptors (Lipinski definition) is 2. The quantitative estimate of drug-likeness (QED) is 0.818. The lowest BCUT2D eigenvalue weighted by Gasteiger charge is -2.11. The number of benzene rings is 1. The molecule has 1 aromatic rings. The van der Waals surface area contributed by atoms with Crippen LogP contribution in [0.1, 0.15) is 17.3 Å². The molecule has 17 heavy (non-hydrogen) atoms. The average Bonchev–Trinajstić information content (AvgIpc) is 2.25. The van der Waals surface area contributed by atoms with E-state index in [1.54, 1.807) is 6.92 Å². The van der Waals surface area contributed by atoms with Crippen LogP contribution in [0.2, 0.25) is 0 Å². The second-order valence-electron chi connectivity index (χ2n) is 3.33. The molecule has 1 rings (SSSR count). The molecule has 96 valence electrons. The molecule has 0 aromatic heterocycles. The van der Waals surface area contributed by atoms with Crippen LogP contribution in [0, 0.1) is 17.5 Å². The molecule has 7 heteroatoms. The minimum absolute atomic E-state index is 0. The number of rotatable bonds is 3. The number of hydrogen-bond donors (Lipinski definition) is 2. The third kappa shape index (κ3) is 3.61.